The molecule has 4 nitrogen and oxygen atoms in total. The van der Waals surface area contributed by atoms with E-state index in [2.05, 4.69) is 4.99 Å². The van der Waals surface area contributed by atoms with E-state index in [1.807, 2.05) is 0 Å². The fourth-order valence-corrected chi connectivity index (χ4v) is 2.98. The molecular weight excluding hydrogens is 317 g/mol. The Bertz CT molecular complexity index is 629. The summed E-state index contributed by atoms with van der Waals surface area (Å²) in [6, 6.07) is 4.32. The molecule has 1 aromatic rings. The molecule has 1 aliphatic rings. The van der Waals surface area contributed by atoms with E-state index in [-0.39, 0.29) is 18.0 Å². The van der Waals surface area contributed by atoms with Gasteiger partial charge in [0.05, 0.1) is 12.1 Å². The maximum Gasteiger partial charge on any atom is 0.416 e. The van der Waals surface area contributed by atoms with Gasteiger partial charge in [-0.05, 0) is 12.1 Å². The predicted octanol–water partition coefficient (Wildman–Crippen LogP) is 2.84. The van der Waals surface area contributed by atoms with Crippen LogP contribution in [0.1, 0.15) is 22.8 Å². The zero-order valence-electron chi connectivity index (χ0n) is 11.7. The molecular formula is C14H13F3N2O2S. The summed E-state index contributed by atoms with van der Waals surface area (Å²) >= 11 is 1.35. The number of ketones is 1. The maximum atomic E-state index is 12.7. The van der Waals surface area contributed by atoms with Crippen LogP contribution in [-0.2, 0) is 11.0 Å². The van der Waals surface area contributed by atoms with E-state index in [4.69, 9.17) is 0 Å². The highest BCUT2D eigenvalue weighted by molar-refractivity contribution is 8.14. The lowest BCUT2D eigenvalue weighted by Gasteiger charge is -2.16. The zero-order chi connectivity index (χ0) is 16.3. The van der Waals surface area contributed by atoms with Crippen molar-refractivity contribution in [2.24, 2.45) is 4.99 Å². The van der Waals surface area contributed by atoms with Crippen LogP contribution in [0, 0.1) is 0 Å². The SMILES string of the molecule is CC(=O)N=C1SCCN1CC(=O)c1cccc(C(F)(F)F)c1. The molecule has 8 heteroatoms. The van der Waals surface area contributed by atoms with Crippen molar-refractivity contribution in [1.82, 2.24) is 4.90 Å². The van der Waals surface area contributed by atoms with Crippen molar-refractivity contribution in [2.45, 2.75) is 13.1 Å². The third-order valence-electron chi connectivity index (χ3n) is 2.96. The van der Waals surface area contributed by atoms with Crippen LogP contribution in [-0.4, -0.2) is 40.6 Å². The molecule has 1 fully saturated rings. The lowest BCUT2D eigenvalue weighted by molar-refractivity contribution is -0.137. The Kier molecular flexibility index (Phi) is 4.90. The Hall–Kier alpha value is -1.83. The summed E-state index contributed by atoms with van der Waals surface area (Å²) in [6.45, 7) is 1.74. The zero-order valence-corrected chi connectivity index (χ0v) is 12.5. The average molecular weight is 330 g/mol. The van der Waals surface area contributed by atoms with Crippen molar-refractivity contribution >= 4 is 28.6 Å². The number of amidine groups is 1. The van der Waals surface area contributed by atoms with Gasteiger partial charge in [0.1, 0.15) is 0 Å². The first-order valence-electron chi connectivity index (χ1n) is 6.45. The van der Waals surface area contributed by atoms with E-state index in [0.717, 1.165) is 12.1 Å². The molecule has 118 valence electrons. The van der Waals surface area contributed by atoms with E-state index in [1.165, 1.54) is 30.8 Å². The van der Waals surface area contributed by atoms with Crippen LogP contribution in [0.4, 0.5) is 13.2 Å². The second kappa shape index (κ2) is 6.51. The molecule has 0 bridgehead atoms. The first-order valence-corrected chi connectivity index (χ1v) is 7.43. The number of hydrogen-bond donors (Lipinski definition) is 0. The summed E-state index contributed by atoms with van der Waals surface area (Å²) in [4.78, 5) is 28.6. The first-order chi connectivity index (χ1) is 10.3. The number of benzene rings is 1. The summed E-state index contributed by atoms with van der Waals surface area (Å²) in [6.07, 6.45) is -4.49. The Labute approximate surface area is 129 Å². The van der Waals surface area contributed by atoms with Gasteiger partial charge in [0, 0.05) is 24.8 Å². The number of carbonyl (C=O) groups excluding carboxylic acids is 2. The average Bonchev–Trinajstić information content (AvgIpc) is 2.84. The fraction of sp³-hybridized carbons (Fsp3) is 0.357. The van der Waals surface area contributed by atoms with Crippen molar-refractivity contribution < 1.29 is 22.8 Å². The number of Topliss-reactive ketones (excluding diaryl/α,β-unsaturated/α-hetero) is 1. The minimum Gasteiger partial charge on any atom is -0.343 e. The fourth-order valence-electron chi connectivity index (χ4n) is 1.95. The summed E-state index contributed by atoms with van der Waals surface area (Å²) in [5, 5.41) is 0.438. The largest absolute Gasteiger partial charge is 0.416 e. The molecule has 1 heterocycles. The van der Waals surface area contributed by atoms with Gasteiger partial charge in [-0.15, -0.1) is 0 Å². The molecule has 0 aliphatic carbocycles. The van der Waals surface area contributed by atoms with E-state index < -0.39 is 17.5 Å². The second-order valence-electron chi connectivity index (χ2n) is 4.69. The highest BCUT2D eigenvalue weighted by atomic mass is 32.2. The standard InChI is InChI=1S/C14H13F3N2O2S/c1-9(20)18-13-19(5-6-22-13)8-12(21)10-3-2-4-11(7-10)14(15,16)17/h2-4,7H,5-6,8H2,1H3. The van der Waals surface area contributed by atoms with E-state index in [0.29, 0.717) is 17.5 Å². The van der Waals surface area contributed by atoms with Crippen molar-refractivity contribution in [2.75, 3.05) is 18.8 Å². The Balaban J connectivity index is 2.14. The highest BCUT2D eigenvalue weighted by Crippen LogP contribution is 2.29. The smallest absolute Gasteiger partial charge is 0.343 e. The number of aliphatic imine (C=N–C) groups is 1. The van der Waals surface area contributed by atoms with E-state index in [9.17, 15) is 22.8 Å². The van der Waals surface area contributed by atoms with Crippen molar-refractivity contribution in [3.63, 3.8) is 0 Å². The van der Waals surface area contributed by atoms with Crippen LogP contribution < -0.4 is 0 Å². The number of halogens is 3. The van der Waals surface area contributed by atoms with Gasteiger partial charge in [-0.2, -0.15) is 18.2 Å². The first kappa shape index (κ1) is 16.5. The Morgan fingerprint density at radius 2 is 2.09 bits per heavy atom. The molecule has 0 saturated carbocycles. The normalized spacial score (nSPS) is 17.1. The number of hydrogen-bond acceptors (Lipinski definition) is 3. The molecule has 2 rings (SSSR count). The maximum absolute atomic E-state index is 12.7. The van der Waals surface area contributed by atoms with Gasteiger partial charge in [-0.1, -0.05) is 23.9 Å². The minimum atomic E-state index is -4.49. The summed E-state index contributed by atoms with van der Waals surface area (Å²) in [5.74, 6) is -0.132. The Morgan fingerprint density at radius 3 is 2.73 bits per heavy atom. The van der Waals surface area contributed by atoms with Gasteiger partial charge >= 0.3 is 6.18 Å². The lowest BCUT2D eigenvalue weighted by atomic mass is 10.1. The van der Waals surface area contributed by atoms with Crippen molar-refractivity contribution in [3.05, 3.63) is 35.4 Å². The van der Waals surface area contributed by atoms with Gasteiger partial charge in [0.15, 0.2) is 11.0 Å². The van der Waals surface area contributed by atoms with Crippen LogP contribution in [0.25, 0.3) is 0 Å². The molecule has 0 N–H and O–H groups in total. The van der Waals surface area contributed by atoms with E-state index >= 15 is 0 Å². The molecule has 0 atom stereocenters. The second-order valence-corrected chi connectivity index (χ2v) is 5.75. The van der Waals surface area contributed by atoms with Crippen LogP contribution in [0.15, 0.2) is 29.3 Å². The number of nitrogens with zero attached hydrogens (tertiary/aromatic N) is 2. The van der Waals surface area contributed by atoms with Gasteiger partial charge in [-0.25, -0.2) is 0 Å². The number of carbonyl (C=O) groups is 2. The predicted molar refractivity (Wildman–Crippen MR) is 77.9 cm³/mol. The molecule has 0 unspecified atom stereocenters. The molecule has 0 aromatic heterocycles. The van der Waals surface area contributed by atoms with Crippen LogP contribution >= 0.6 is 11.8 Å². The molecule has 22 heavy (non-hydrogen) atoms. The lowest BCUT2D eigenvalue weighted by Crippen LogP contribution is -2.31. The van der Waals surface area contributed by atoms with Crippen molar-refractivity contribution in [1.29, 1.82) is 0 Å². The third-order valence-corrected chi connectivity index (χ3v) is 3.96. The van der Waals surface area contributed by atoms with Gasteiger partial charge < -0.3 is 4.90 Å². The van der Waals surface area contributed by atoms with Gasteiger partial charge in [-0.3, -0.25) is 9.59 Å². The van der Waals surface area contributed by atoms with Crippen LogP contribution in [0.3, 0.4) is 0 Å². The molecule has 1 saturated heterocycles. The van der Waals surface area contributed by atoms with Crippen LogP contribution in [0.2, 0.25) is 0 Å². The molecule has 1 amide bonds. The Morgan fingerprint density at radius 1 is 1.36 bits per heavy atom. The number of thioether (sulfide) groups is 1. The van der Waals surface area contributed by atoms with Crippen molar-refractivity contribution in [3.8, 4) is 0 Å². The quantitative estimate of drug-likeness (QED) is 0.800. The minimum absolute atomic E-state index is 0.00565. The monoisotopic (exact) mass is 330 g/mol. The van der Waals surface area contributed by atoms with Gasteiger partial charge in [0.2, 0.25) is 5.91 Å². The third kappa shape index (κ3) is 4.09. The molecule has 0 radical (unpaired) electrons. The number of rotatable bonds is 3. The van der Waals surface area contributed by atoms with E-state index in [1.54, 1.807) is 4.90 Å². The highest BCUT2D eigenvalue weighted by Gasteiger charge is 2.31. The number of amides is 1. The van der Waals surface area contributed by atoms with Gasteiger partial charge in [0.25, 0.3) is 0 Å². The summed E-state index contributed by atoms with van der Waals surface area (Å²) in [5.41, 5.74) is -0.860. The summed E-state index contributed by atoms with van der Waals surface area (Å²) < 4.78 is 38.0. The van der Waals surface area contributed by atoms with Crippen LogP contribution in [0.5, 0.6) is 0 Å². The number of alkyl halides is 3. The molecule has 1 aliphatic heterocycles. The summed E-state index contributed by atoms with van der Waals surface area (Å²) in [7, 11) is 0. The molecule has 1 aromatic carbocycles. The topological polar surface area (TPSA) is 49.7 Å². The molecule has 0 spiro atoms.